The molecule has 0 fully saturated rings. The summed E-state index contributed by atoms with van der Waals surface area (Å²) in [7, 11) is -1.63. The van der Waals surface area contributed by atoms with Gasteiger partial charge in [0.05, 0.1) is 35.9 Å². The van der Waals surface area contributed by atoms with Crippen molar-refractivity contribution >= 4 is 25.3 Å². The predicted molar refractivity (Wildman–Crippen MR) is 171 cm³/mol. The zero-order valence-electron chi connectivity index (χ0n) is 25.8. The van der Waals surface area contributed by atoms with Crippen molar-refractivity contribution in [2.24, 2.45) is 7.05 Å². The smallest absolute Gasteiger partial charge is 0.468 e. The monoisotopic (exact) mass is 679 g/mol. The number of alkyl halides is 3. The van der Waals surface area contributed by atoms with E-state index in [0.717, 1.165) is 18.2 Å². The van der Waals surface area contributed by atoms with Gasteiger partial charge in [0.1, 0.15) is 11.8 Å². The molecule has 48 heavy (non-hydrogen) atoms. The fourth-order valence-corrected chi connectivity index (χ4v) is 6.11. The van der Waals surface area contributed by atoms with Crippen molar-refractivity contribution in [3.8, 4) is 34.0 Å². The van der Waals surface area contributed by atoms with Crippen molar-refractivity contribution in [2.45, 2.75) is 19.1 Å². The molecule has 0 radical (unpaired) electrons. The summed E-state index contributed by atoms with van der Waals surface area (Å²) < 4.78 is 73.2. The highest BCUT2D eigenvalue weighted by Gasteiger charge is 2.36. The molecule has 0 bridgehead atoms. The van der Waals surface area contributed by atoms with E-state index in [4.69, 9.17) is 13.8 Å². The SMILES string of the molecule is COC(=O)[C@H](C)NP(=O)(Oc1ccccc1)Oc1cnc(-c2ccccc2)c(NC(=O)c2ccc(C(F)(F)F)c(-c3ccn(C)n3)c2)c1. The number of amides is 1. The molecule has 15 heteroatoms. The summed E-state index contributed by atoms with van der Waals surface area (Å²) >= 11 is 0. The summed E-state index contributed by atoms with van der Waals surface area (Å²) in [5.41, 5.74) is -0.355. The van der Waals surface area contributed by atoms with Crippen molar-refractivity contribution in [3.05, 3.63) is 115 Å². The zero-order chi connectivity index (χ0) is 34.5. The van der Waals surface area contributed by atoms with Crippen molar-refractivity contribution in [1.29, 1.82) is 0 Å². The highest BCUT2D eigenvalue weighted by molar-refractivity contribution is 7.52. The van der Waals surface area contributed by atoms with Crippen molar-refractivity contribution in [3.63, 3.8) is 0 Å². The van der Waals surface area contributed by atoms with E-state index in [1.807, 2.05) is 0 Å². The molecule has 0 saturated heterocycles. The molecule has 0 aliphatic carbocycles. The highest BCUT2D eigenvalue weighted by atomic mass is 31.2. The van der Waals surface area contributed by atoms with E-state index < -0.39 is 37.4 Å². The van der Waals surface area contributed by atoms with Crippen LogP contribution < -0.4 is 19.5 Å². The van der Waals surface area contributed by atoms with E-state index >= 15 is 0 Å². The summed E-state index contributed by atoms with van der Waals surface area (Å²) in [6.07, 6.45) is -1.96. The minimum atomic E-state index is -4.70. The van der Waals surface area contributed by atoms with Gasteiger partial charge in [-0.3, -0.25) is 19.3 Å². The van der Waals surface area contributed by atoms with Crippen LogP contribution in [-0.4, -0.2) is 39.8 Å². The second kappa shape index (κ2) is 14.1. The largest absolute Gasteiger partial charge is 0.513 e. The van der Waals surface area contributed by atoms with E-state index in [2.05, 4.69) is 20.5 Å². The molecule has 11 nitrogen and oxygen atoms in total. The number of rotatable bonds is 11. The van der Waals surface area contributed by atoms with Crippen LogP contribution in [0.25, 0.3) is 22.5 Å². The van der Waals surface area contributed by atoms with Crippen LogP contribution in [0, 0.1) is 0 Å². The summed E-state index contributed by atoms with van der Waals surface area (Å²) in [6.45, 7) is 1.40. The number of esters is 1. The maximum atomic E-state index is 14.0. The third-order valence-electron chi connectivity index (χ3n) is 6.84. The van der Waals surface area contributed by atoms with Crippen molar-refractivity contribution < 1.29 is 41.1 Å². The molecular formula is C33H29F3N5O6P. The third-order valence-corrected chi connectivity index (χ3v) is 8.44. The molecule has 0 aliphatic rings. The van der Waals surface area contributed by atoms with Gasteiger partial charge in [0, 0.05) is 36.0 Å². The molecule has 1 unspecified atom stereocenters. The second-order valence-corrected chi connectivity index (χ2v) is 12.0. The number of hydrogen-bond acceptors (Lipinski definition) is 8. The summed E-state index contributed by atoms with van der Waals surface area (Å²) in [5, 5.41) is 9.33. The Bertz CT molecular complexity index is 1970. The molecule has 5 aromatic rings. The number of benzene rings is 3. The van der Waals surface area contributed by atoms with Gasteiger partial charge in [-0.15, -0.1) is 0 Å². The van der Waals surface area contributed by atoms with E-state index in [9.17, 15) is 27.3 Å². The average Bonchev–Trinajstić information content (AvgIpc) is 3.50. The number of methoxy groups -OCH3 is 1. The molecule has 2 heterocycles. The Kier molecular flexibility index (Phi) is 9.97. The Morgan fingerprint density at radius 3 is 2.21 bits per heavy atom. The molecule has 2 atom stereocenters. The fraction of sp³-hybridized carbons (Fsp3) is 0.152. The van der Waals surface area contributed by atoms with Gasteiger partial charge in [0.2, 0.25) is 0 Å². The van der Waals surface area contributed by atoms with Crippen LogP contribution in [0.1, 0.15) is 22.8 Å². The van der Waals surface area contributed by atoms with E-state index in [0.29, 0.717) is 5.56 Å². The maximum absolute atomic E-state index is 14.0. The third kappa shape index (κ3) is 8.08. The topological polar surface area (TPSA) is 134 Å². The fourth-order valence-electron chi connectivity index (χ4n) is 4.61. The minimum Gasteiger partial charge on any atom is -0.468 e. The lowest BCUT2D eigenvalue weighted by Gasteiger charge is -2.23. The first-order valence-electron chi connectivity index (χ1n) is 14.3. The van der Waals surface area contributed by atoms with Crippen molar-refractivity contribution in [2.75, 3.05) is 12.4 Å². The number of nitrogens with one attached hydrogen (secondary N) is 2. The van der Waals surface area contributed by atoms with Crippen LogP contribution in [-0.2, 0) is 27.3 Å². The number of aromatic nitrogens is 3. The van der Waals surface area contributed by atoms with Crippen LogP contribution in [0.4, 0.5) is 18.9 Å². The average molecular weight is 680 g/mol. The lowest BCUT2D eigenvalue weighted by Crippen LogP contribution is -2.35. The molecule has 2 aromatic heterocycles. The summed E-state index contributed by atoms with van der Waals surface area (Å²) in [4.78, 5) is 30.2. The van der Waals surface area contributed by atoms with Crippen LogP contribution in [0.3, 0.4) is 0 Å². The van der Waals surface area contributed by atoms with Gasteiger partial charge in [-0.1, -0.05) is 48.5 Å². The number of hydrogen-bond donors (Lipinski definition) is 2. The maximum Gasteiger partial charge on any atom is 0.513 e. The number of carbonyl (C=O) groups excluding carboxylic acids is 2. The Morgan fingerprint density at radius 1 is 0.917 bits per heavy atom. The normalized spacial score (nSPS) is 13.2. The van der Waals surface area contributed by atoms with Gasteiger partial charge < -0.3 is 19.1 Å². The standard InChI is InChI=1S/C33H29F3N5O6P/c1-21(32(43)45-3)40-48(44,46-24-12-8-5-9-13-24)47-25-19-29(30(37-20-25)22-10-6-4-7-11-22)38-31(42)23-14-15-27(33(34,35)36)26(18-23)28-16-17-41(2)39-28/h4-21H,1-3H3,(H,38,42)(H,40,44)/t21-,48?/m0/s1. The first-order valence-corrected chi connectivity index (χ1v) is 15.9. The summed E-state index contributed by atoms with van der Waals surface area (Å²) in [6, 6.07) is 21.5. The van der Waals surface area contributed by atoms with E-state index in [-0.39, 0.29) is 39.7 Å². The predicted octanol–water partition coefficient (Wildman–Crippen LogP) is 7.14. The molecule has 1 amide bonds. The number of aryl methyl sites for hydroxylation is 1. The number of ether oxygens (including phenoxy) is 1. The highest BCUT2D eigenvalue weighted by Crippen LogP contribution is 2.46. The van der Waals surface area contributed by atoms with Gasteiger partial charge in [0.15, 0.2) is 5.75 Å². The quantitative estimate of drug-likeness (QED) is 0.110. The summed E-state index contributed by atoms with van der Waals surface area (Å²) in [5.74, 6) is -1.46. The number of carbonyl (C=O) groups is 2. The second-order valence-electron chi connectivity index (χ2n) is 10.4. The molecule has 0 saturated carbocycles. The minimum absolute atomic E-state index is 0.0318. The van der Waals surface area contributed by atoms with Crippen LogP contribution >= 0.6 is 7.75 Å². The number of anilines is 1. The van der Waals surface area contributed by atoms with E-state index in [1.54, 1.807) is 55.6 Å². The Morgan fingerprint density at radius 2 is 1.58 bits per heavy atom. The lowest BCUT2D eigenvalue weighted by molar-refractivity contribution is -0.142. The number of nitrogens with zero attached hydrogens (tertiary/aromatic N) is 3. The molecule has 0 spiro atoms. The number of pyridine rings is 1. The molecule has 2 N–H and O–H groups in total. The van der Waals surface area contributed by atoms with Crippen molar-refractivity contribution in [1.82, 2.24) is 19.9 Å². The Hall–Kier alpha value is -5.46. The van der Waals surface area contributed by atoms with Crippen LogP contribution in [0.5, 0.6) is 11.5 Å². The molecule has 0 aliphatic heterocycles. The molecule has 248 valence electrons. The van der Waals surface area contributed by atoms with Crippen LogP contribution in [0.2, 0.25) is 0 Å². The zero-order valence-corrected chi connectivity index (χ0v) is 26.7. The van der Waals surface area contributed by atoms with Gasteiger partial charge in [-0.05, 0) is 43.3 Å². The molecule has 5 rings (SSSR count). The van der Waals surface area contributed by atoms with Crippen LogP contribution in [0.15, 0.2) is 103 Å². The van der Waals surface area contributed by atoms with Gasteiger partial charge in [-0.25, -0.2) is 4.57 Å². The van der Waals surface area contributed by atoms with E-state index in [1.165, 1.54) is 55.4 Å². The molecular weight excluding hydrogens is 650 g/mol. The first-order chi connectivity index (χ1) is 22.8. The van der Waals surface area contributed by atoms with Gasteiger partial charge in [0.25, 0.3) is 5.91 Å². The number of halogens is 3. The van der Waals surface area contributed by atoms with Gasteiger partial charge >= 0.3 is 19.9 Å². The first kappa shape index (κ1) is 33.9. The van der Waals surface area contributed by atoms with Gasteiger partial charge in [-0.2, -0.15) is 23.4 Å². The number of para-hydroxylation sites is 1. The Balaban J connectivity index is 1.52. The molecule has 3 aromatic carbocycles. The lowest BCUT2D eigenvalue weighted by atomic mass is 10.00. The Labute approximate surface area is 273 Å².